The minimum atomic E-state index is 0.114. The van der Waals surface area contributed by atoms with E-state index in [1.165, 1.54) is 0 Å². The van der Waals surface area contributed by atoms with Crippen LogP contribution in [0, 0.1) is 0 Å². The zero-order chi connectivity index (χ0) is 14.0. The highest BCUT2D eigenvalue weighted by Gasteiger charge is 2.19. The van der Waals surface area contributed by atoms with Gasteiger partial charge in [0.25, 0.3) is 0 Å². The van der Waals surface area contributed by atoms with E-state index >= 15 is 0 Å². The van der Waals surface area contributed by atoms with Crippen LogP contribution in [0.1, 0.15) is 51.9 Å². The molecule has 1 aromatic carbocycles. The van der Waals surface area contributed by atoms with E-state index in [2.05, 4.69) is 41.5 Å². The van der Waals surface area contributed by atoms with E-state index in [4.69, 9.17) is 0 Å². The average Bonchev–Trinajstić information content (AvgIpc) is 2.12. The molecular weight excluding hydrogens is 260 g/mol. The molecule has 0 aromatic heterocycles. The molecule has 18 heavy (non-hydrogen) atoms. The van der Waals surface area contributed by atoms with Gasteiger partial charge in [-0.25, -0.2) is 0 Å². The first-order chi connectivity index (χ1) is 8.12. The van der Waals surface area contributed by atoms with Crippen LogP contribution >= 0.6 is 23.5 Å². The molecule has 0 bridgehead atoms. The van der Waals surface area contributed by atoms with Gasteiger partial charge in [-0.15, -0.1) is 23.5 Å². The Morgan fingerprint density at radius 2 is 1.28 bits per heavy atom. The van der Waals surface area contributed by atoms with Crippen LogP contribution in [0.4, 0.5) is 0 Å². The molecule has 0 heterocycles. The minimum absolute atomic E-state index is 0.114. The lowest BCUT2D eigenvalue weighted by Gasteiger charge is -2.22. The van der Waals surface area contributed by atoms with Crippen molar-refractivity contribution in [3.05, 3.63) is 23.8 Å². The minimum Gasteiger partial charge on any atom is -0.298 e. The van der Waals surface area contributed by atoms with Crippen LogP contribution in [0.2, 0.25) is 0 Å². The maximum Gasteiger partial charge on any atom is 0.152 e. The molecule has 0 atom stereocenters. The Kier molecular flexibility index (Phi) is 4.96. The van der Waals surface area contributed by atoms with Crippen molar-refractivity contribution in [1.82, 2.24) is 0 Å². The molecule has 0 aliphatic rings. The van der Waals surface area contributed by atoms with Gasteiger partial charge >= 0.3 is 0 Å². The molecule has 0 aliphatic carbocycles. The second-order valence-electron chi connectivity index (χ2n) is 6.21. The van der Waals surface area contributed by atoms with Crippen LogP contribution in [0.25, 0.3) is 0 Å². The molecule has 0 amide bonds. The second kappa shape index (κ2) is 5.70. The molecule has 1 rings (SSSR count). The summed E-state index contributed by atoms with van der Waals surface area (Å²) in [5, 5.41) is 0. The lowest BCUT2D eigenvalue weighted by Crippen LogP contribution is -2.10. The lowest BCUT2D eigenvalue weighted by molar-refractivity contribution is 0.111. The molecule has 100 valence electrons. The number of thioether (sulfide) groups is 2. The number of carbonyl (C=O) groups is 1. The van der Waals surface area contributed by atoms with E-state index in [0.717, 1.165) is 21.6 Å². The van der Waals surface area contributed by atoms with Gasteiger partial charge in [-0.05, 0) is 12.1 Å². The first kappa shape index (κ1) is 15.6. The maximum absolute atomic E-state index is 11.4. The van der Waals surface area contributed by atoms with Crippen LogP contribution < -0.4 is 0 Å². The Morgan fingerprint density at radius 3 is 1.56 bits per heavy atom. The predicted octanol–water partition coefficient (Wildman–Crippen LogP) is 5.28. The van der Waals surface area contributed by atoms with Gasteiger partial charge in [0.2, 0.25) is 0 Å². The Labute approximate surface area is 119 Å². The standard InChI is InChI=1S/C15H22OS2/c1-14(2,3)17-12-8-7-9-13(11(12)10-16)18-15(4,5)6/h7-10H,1-6H3. The summed E-state index contributed by atoms with van der Waals surface area (Å²) in [5.74, 6) is 0. The number of rotatable bonds is 3. The third-order valence-corrected chi connectivity index (χ3v) is 4.35. The summed E-state index contributed by atoms with van der Waals surface area (Å²) in [5.41, 5.74) is 0.831. The van der Waals surface area contributed by atoms with Gasteiger partial charge in [0, 0.05) is 24.8 Å². The number of benzene rings is 1. The fraction of sp³-hybridized carbons (Fsp3) is 0.533. The molecule has 0 saturated heterocycles. The molecule has 0 aliphatic heterocycles. The molecule has 0 N–H and O–H groups in total. The van der Waals surface area contributed by atoms with Crippen molar-refractivity contribution in [2.75, 3.05) is 0 Å². The Balaban J connectivity index is 3.14. The molecule has 3 heteroatoms. The number of carbonyl (C=O) groups excluding carboxylic acids is 1. The van der Waals surface area contributed by atoms with Crippen molar-refractivity contribution >= 4 is 29.8 Å². The van der Waals surface area contributed by atoms with Gasteiger partial charge in [0.15, 0.2) is 6.29 Å². The number of hydrogen-bond acceptors (Lipinski definition) is 3. The van der Waals surface area contributed by atoms with E-state index in [1.54, 1.807) is 23.5 Å². The van der Waals surface area contributed by atoms with Crippen LogP contribution in [0.3, 0.4) is 0 Å². The summed E-state index contributed by atoms with van der Waals surface area (Å²) in [6, 6.07) is 6.11. The molecule has 0 spiro atoms. The Morgan fingerprint density at radius 1 is 0.889 bits per heavy atom. The molecular formula is C15H22OS2. The van der Waals surface area contributed by atoms with Gasteiger partial charge in [-0.1, -0.05) is 47.6 Å². The largest absolute Gasteiger partial charge is 0.298 e. The van der Waals surface area contributed by atoms with Crippen molar-refractivity contribution in [3.63, 3.8) is 0 Å². The smallest absolute Gasteiger partial charge is 0.152 e. The molecule has 1 aromatic rings. The van der Waals surface area contributed by atoms with E-state index in [-0.39, 0.29) is 9.49 Å². The van der Waals surface area contributed by atoms with Gasteiger partial charge in [0.1, 0.15) is 0 Å². The van der Waals surface area contributed by atoms with Crippen molar-refractivity contribution in [2.24, 2.45) is 0 Å². The van der Waals surface area contributed by atoms with Crippen LogP contribution in [-0.2, 0) is 0 Å². The first-order valence-corrected chi connectivity index (χ1v) is 7.72. The first-order valence-electron chi connectivity index (χ1n) is 6.08. The van der Waals surface area contributed by atoms with Crippen LogP contribution in [0.5, 0.6) is 0 Å². The van der Waals surface area contributed by atoms with Crippen molar-refractivity contribution in [1.29, 1.82) is 0 Å². The van der Waals surface area contributed by atoms with E-state index in [0.29, 0.717) is 0 Å². The summed E-state index contributed by atoms with van der Waals surface area (Å²) < 4.78 is 0.228. The zero-order valence-corrected chi connectivity index (χ0v) is 13.7. The van der Waals surface area contributed by atoms with E-state index in [9.17, 15) is 4.79 Å². The number of aldehydes is 1. The lowest BCUT2D eigenvalue weighted by atomic mass is 10.2. The fourth-order valence-corrected chi connectivity index (χ4v) is 3.69. The molecule has 0 radical (unpaired) electrons. The van der Waals surface area contributed by atoms with Gasteiger partial charge < -0.3 is 0 Å². The zero-order valence-electron chi connectivity index (χ0n) is 12.0. The summed E-state index contributed by atoms with van der Waals surface area (Å²) in [4.78, 5) is 13.5. The second-order valence-corrected chi connectivity index (χ2v) is 9.95. The van der Waals surface area contributed by atoms with Gasteiger partial charge in [0.05, 0.1) is 0 Å². The van der Waals surface area contributed by atoms with E-state index < -0.39 is 0 Å². The average molecular weight is 282 g/mol. The Hall–Kier alpha value is -0.410. The molecule has 1 nitrogen and oxygen atoms in total. The highest BCUT2D eigenvalue weighted by atomic mass is 32.2. The molecule has 0 saturated carbocycles. The summed E-state index contributed by atoms with van der Waals surface area (Å²) in [6.07, 6.45) is 0.988. The predicted molar refractivity (Wildman–Crippen MR) is 83.0 cm³/mol. The van der Waals surface area contributed by atoms with Crippen LogP contribution in [-0.4, -0.2) is 15.8 Å². The summed E-state index contributed by atoms with van der Waals surface area (Å²) in [6.45, 7) is 13.0. The van der Waals surface area contributed by atoms with Crippen molar-refractivity contribution in [3.8, 4) is 0 Å². The van der Waals surface area contributed by atoms with E-state index in [1.807, 2.05) is 18.2 Å². The Bertz CT molecular complexity index is 391. The molecule has 0 fully saturated rings. The topological polar surface area (TPSA) is 17.1 Å². The van der Waals surface area contributed by atoms with Gasteiger partial charge in [-0.2, -0.15) is 0 Å². The maximum atomic E-state index is 11.4. The SMILES string of the molecule is CC(C)(C)Sc1cccc(SC(C)(C)C)c1C=O. The molecule has 0 unspecified atom stereocenters. The van der Waals surface area contributed by atoms with Gasteiger partial charge in [-0.3, -0.25) is 4.79 Å². The third kappa shape index (κ3) is 5.07. The monoisotopic (exact) mass is 282 g/mol. The quantitative estimate of drug-likeness (QED) is 0.554. The van der Waals surface area contributed by atoms with Crippen LogP contribution in [0.15, 0.2) is 28.0 Å². The number of hydrogen-bond donors (Lipinski definition) is 0. The van der Waals surface area contributed by atoms with Crippen molar-refractivity contribution < 1.29 is 4.79 Å². The summed E-state index contributed by atoms with van der Waals surface area (Å²) in [7, 11) is 0. The highest BCUT2D eigenvalue weighted by molar-refractivity contribution is 8.01. The normalized spacial score (nSPS) is 12.6. The van der Waals surface area contributed by atoms with Crippen molar-refractivity contribution in [2.45, 2.75) is 60.8 Å². The highest BCUT2D eigenvalue weighted by Crippen LogP contribution is 2.40. The summed E-state index contributed by atoms with van der Waals surface area (Å²) >= 11 is 3.50. The fourth-order valence-electron chi connectivity index (χ4n) is 1.48. The third-order valence-electron chi connectivity index (χ3n) is 1.98.